The van der Waals surface area contributed by atoms with Crippen LogP contribution in [0.2, 0.25) is 5.02 Å². The molecule has 1 atom stereocenters. The molecule has 8 nitrogen and oxygen atoms in total. The molecule has 3 N–H and O–H groups in total. The third-order valence-electron chi connectivity index (χ3n) is 6.13. The molecule has 2 aromatic carbocycles. The zero-order valence-electron chi connectivity index (χ0n) is 19.1. The number of halogens is 2. The van der Waals surface area contributed by atoms with Crippen molar-refractivity contribution in [1.29, 1.82) is 0 Å². The Hall–Kier alpha value is -2.69. The fourth-order valence-corrected chi connectivity index (χ4v) is 6.21. The molecule has 0 saturated carbocycles. The van der Waals surface area contributed by atoms with Crippen LogP contribution in [-0.2, 0) is 20.4 Å². The number of nitrogens with one attached hydrogen (secondary N) is 3. The molecule has 2 aliphatic heterocycles. The molecule has 2 amide bonds. The molecule has 11 heteroatoms. The summed E-state index contributed by atoms with van der Waals surface area (Å²) in [5, 5.41) is 8.54. The quantitative estimate of drug-likeness (QED) is 0.437. The Morgan fingerprint density at radius 2 is 1.91 bits per heavy atom. The molecule has 1 saturated heterocycles. The van der Waals surface area contributed by atoms with Crippen LogP contribution in [0, 0.1) is 5.82 Å². The summed E-state index contributed by atoms with van der Waals surface area (Å²) < 4.78 is 38.6. The molecule has 2 heterocycles. The van der Waals surface area contributed by atoms with E-state index in [0.29, 0.717) is 23.5 Å². The third-order valence-corrected chi connectivity index (χ3v) is 8.08. The zero-order valence-corrected chi connectivity index (χ0v) is 20.7. The Morgan fingerprint density at radius 3 is 2.66 bits per heavy atom. The lowest BCUT2D eigenvalue weighted by Crippen LogP contribution is -2.43. The number of fused-ring (bicyclic) bond motifs is 1. The SMILES string of the molecule is O=C(NCCCN1CCCC1)c1ccc2c(c1)NC(=O)C(CS(=O)(=O)Cc1ccc(F)cc1Cl)N2. The van der Waals surface area contributed by atoms with Gasteiger partial charge in [0, 0.05) is 17.1 Å². The Kier molecular flexibility index (Phi) is 7.93. The number of sulfone groups is 1. The highest BCUT2D eigenvalue weighted by Gasteiger charge is 2.31. The smallest absolute Gasteiger partial charge is 0.251 e. The fourth-order valence-electron chi connectivity index (χ4n) is 4.31. The summed E-state index contributed by atoms with van der Waals surface area (Å²) >= 11 is 5.95. The van der Waals surface area contributed by atoms with Gasteiger partial charge >= 0.3 is 0 Å². The van der Waals surface area contributed by atoms with E-state index < -0.39 is 39.1 Å². The molecule has 35 heavy (non-hydrogen) atoms. The Bertz CT molecular complexity index is 1220. The van der Waals surface area contributed by atoms with Crippen molar-refractivity contribution in [3.8, 4) is 0 Å². The second-order valence-corrected chi connectivity index (χ2v) is 11.4. The van der Waals surface area contributed by atoms with E-state index in [1.165, 1.54) is 18.9 Å². The zero-order chi connectivity index (χ0) is 25.0. The monoisotopic (exact) mass is 522 g/mol. The molecule has 1 unspecified atom stereocenters. The Balaban J connectivity index is 1.33. The van der Waals surface area contributed by atoms with Crippen molar-refractivity contribution in [3.63, 3.8) is 0 Å². The number of likely N-dealkylation sites (tertiary alicyclic amines) is 1. The van der Waals surface area contributed by atoms with Crippen molar-refractivity contribution in [1.82, 2.24) is 10.2 Å². The number of rotatable bonds is 9. The Labute approximate surface area is 209 Å². The van der Waals surface area contributed by atoms with Crippen molar-refractivity contribution in [2.45, 2.75) is 31.1 Å². The normalized spacial score (nSPS) is 18.0. The lowest BCUT2D eigenvalue weighted by molar-refractivity contribution is -0.116. The van der Waals surface area contributed by atoms with Gasteiger partial charge in [0.1, 0.15) is 11.9 Å². The average molecular weight is 523 g/mol. The summed E-state index contributed by atoms with van der Waals surface area (Å²) in [6, 6.07) is 7.33. The van der Waals surface area contributed by atoms with E-state index in [4.69, 9.17) is 11.6 Å². The predicted octanol–water partition coefficient (Wildman–Crippen LogP) is 3.04. The van der Waals surface area contributed by atoms with Gasteiger partial charge in [-0.15, -0.1) is 0 Å². The van der Waals surface area contributed by atoms with Gasteiger partial charge in [-0.25, -0.2) is 12.8 Å². The third kappa shape index (κ3) is 6.71. The lowest BCUT2D eigenvalue weighted by Gasteiger charge is -2.27. The largest absolute Gasteiger partial charge is 0.371 e. The van der Waals surface area contributed by atoms with Crippen LogP contribution in [0.1, 0.15) is 35.2 Å². The summed E-state index contributed by atoms with van der Waals surface area (Å²) in [6.07, 6.45) is 3.33. The number of benzene rings is 2. The number of amides is 2. The highest BCUT2D eigenvalue weighted by Crippen LogP contribution is 2.29. The van der Waals surface area contributed by atoms with Gasteiger partial charge in [-0.2, -0.15) is 0 Å². The summed E-state index contributed by atoms with van der Waals surface area (Å²) in [6.45, 7) is 3.76. The first kappa shape index (κ1) is 25.4. The van der Waals surface area contributed by atoms with Crippen LogP contribution in [0.15, 0.2) is 36.4 Å². The van der Waals surface area contributed by atoms with E-state index in [1.54, 1.807) is 18.2 Å². The van der Waals surface area contributed by atoms with Crippen molar-refractivity contribution in [3.05, 3.63) is 58.4 Å². The maximum absolute atomic E-state index is 13.2. The molecule has 2 aromatic rings. The van der Waals surface area contributed by atoms with Gasteiger partial charge in [0.05, 0.1) is 22.9 Å². The standard InChI is InChI=1S/C24H28ClFN4O4S/c25-19-13-18(26)6-4-17(19)14-35(33,34)15-22-24(32)29-21-12-16(5-7-20(21)28-22)23(31)27-8-3-11-30-9-1-2-10-30/h4-7,12-13,22,28H,1-3,8-11,14-15H2,(H,27,31)(H,29,32). The number of hydrogen-bond acceptors (Lipinski definition) is 6. The number of nitrogens with zero attached hydrogens (tertiary/aromatic N) is 1. The summed E-state index contributed by atoms with van der Waals surface area (Å²) in [5.74, 6) is -2.19. The number of carbonyl (C=O) groups is 2. The summed E-state index contributed by atoms with van der Waals surface area (Å²) in [7, 11) is -3.74. The van der Waals surface area contributed by atoms with E-state index in [0.717, 1.165) is 38.2 Å². The maximum Gasteiger partial charge on any atom is 0.251 e. The molecule has 2 aliphatic rings. The molecule has 0 spiro atoms. The van der Waals surface area contributed by atoms with Crippen LogP contribution < -0.4 is 16.0 Å². The van der Waals surface area contributed by atoms with E-state index in [1.807, 2.05) is 0 Å². The topological polar surface area (TPSA) is 108 Å². The van der Waals surface area contributed by atoms with Crippen LogP contribution >= 0.6 is 11.6 Å². The number of hydrogen-bond donors (Lipinski definition) is 3. The number of anilines is 2. The van der Waals surface area contributed by atoms with E-state index in [-0.39, 0.29) is 16.5 Å². The molecule has 0 bridgehead atoms. The fraction of sp³-hybridized carbons (Fsp3) is 0.417. The highest BCUT2D eigenvalue weighted by molar-refractivity contribution is 7.90. The van der Waals surface area contributed by atoms with Gasteiger partial charge in [-0.1, -0.05) is 17.7 Å². The number of carbonyl (C=O) groups excluding carboxylic acids is 2. The average Bonchev–Trinajstić information content (AvgIpc) is 3.32. The molecular weight excluding hydrogens is 495 g/mol. The van der Waals surface area contributed by atoms with Gasteiger partial charge in [-0.3, -0.25) is 9.59 Å². The van der Waals surface area contributed by atoms with Gasteiger partial charge in [0.25, 0.3) is 5.91 Å². The Morgan fingerprint density at radius 1 is 1.14 bits per heavy atom. The minimum Gasteiger partial charge on any atom is -0.371 e. The molecule has 188 valence electrons. The first-order valence-electron chi connectivity index (χ1n) is 11.6. The van der Waals surface area contributed by atoms with Gasteiger partial charge in [0.2, 0.25) is 5.91 Å². The lowest BCUT2D eigenvalue weighted by atomic mass is 10.1. The minimum absolute atomic E-state index is 0.0156. The molecule has 1 fully saturated rings. The van der Waals surface area contributed by atoms with Gasteiger partial charge in [0.15, 0.2) is 9.84 Å². The van der Waals surface area contributed by atoms with Crippen LogP contribution in [-0.4, -0.2) is 63.1 Å². The summed E-state index contributed by atoms with van der Waals surface area (Å²) in [4.78, 5) is 27.5. The van der Waals surface area contributed by atoms with Crippen molar-refractivity contribution in [2.75, 3.05) is 42.6 Å². The van der Waals surface area contributed by atoms with Crippen LogP contribution in [0.3, 0.4) is 0 Å². The predicted molar refractivity (Wildman–Crippen MR) is 134 cm³/mol. The highest BCUT2D eigenvalue weighted by atomic mass is 35.5. The van der Waals surface area contributed by atoms with Crippen molar-refractivity contribution < 1.29 is 22.4 Å². The van der Waals surface area contributed by atoms with Gasteiger partial charge in [-0.05, 0) is 74.8 Å². The van der Waals surface area contributed by atoms with Gasteiger partial charge < -0.3 is 20.9 Å². The van der Waals surface area contributed by atoms with E-state index >= 15 is 0 Å². The molecule has 0 aromatic heterocycles. The molecule has 4 rings (SSSR count). The van der Waals surface area contributed by atoms with E-state index in [2.05, 4.69) is 20.9 Å². The van der Waals surface area contributed by atoms with Crippen LogP contribution in [0.4, 0.5) is 15.8 Å². The maximum atomic E-state index is 13.2. The molecule has 0 radical (unpaired) electrons. The molecular formula is C24H28ClFN4O4S. The second kappa shape index (κ2) is 10.9. The van der Waals surface area contributed by atoms with Crippen LogP contribution in [0.25, 0.3) is 0 Å². The summed E-state index contributed by atoms with van der Waals surface area (Å²) in [5.41, 5.74) is 1.61. The van der Waals surface area contributed by atoms with Crippen molar-refractivity contribution in [2.24, 2.45) is 0 Å². The van der Waals surface area contributed by atoms with Crippen molar-refractivity contribution >= 4 is 44.6 Å². The first-order chi connectivity index (χ1) is 16.7. The van der Waals surface area contributed by atoms with E-state index in [9.17, 15) is 22.4 Å². The minimum atomic E-state index is -3.74. The van der Waals surface area contributed by atoms with Crippen LogP contribution in [0.5, 0.6) is 0 Å². The second-order valence-electron chi connectivity index (χ2n) is 8.90. The molecule has 0 aliphatic carbocycles. The first-order valence-corrected chi connectivity index (χ1v) is 13.8.